The Morgan fingerprint density at radius 1 is 1.89 bits per heavy atom. The summed E-state index contributed by atoms with van der Waals surface area (Å²) in [5.74, 6) is 0. The van der Waals surface area contributed by atoms with Gasteiger partial charge in [-0.25, -0.2) is 0 Å². The molecular formula is C4H4BrNO2S. The smallest absolute Gasteiger partial charge is 0.262 e. The molecule has 1 rings (SSSR count). The molecule has 5 heteroatoms. The van der Waals surface area contributed by atoms with Gasteiger partial charge in [0, 0.05) is 20.9 Å². The van der Waals surface area contributed by atoms with Crippen molar-refractivity contribution in [2.24, 2.45) is 0 Å². The summed E-state index contributed by atoms with van der Waals surface area (Å²) in [5, 5.41) is 12.0. The largest absolute Gasteiger partial charge is 0.327 e. The van der Waals surface area contributed by atoms with Crippen molar-refractivity contribution in [1.29, 1.82) is 0 Å². The standard InChI is InChI=1S/C4H4BrNO2S/c5-4(6(7)8)2-1-3-9-4/h1,3H,2H2. The number of thioether (sulfide) groups is 1. The van der Waals surface area contributed by atoms with Crippen molar-refractivity contribution in [3.05, 3.63) is 21.6 Å². The summed E-state index contributed by atoms with van der Waals surface area (Å²) in [5.41, 5.74) is 0. The van der Waals surface area contributed by atoms with Crippen LogP contribution < -0.4 is 0 Å². The molecule has 1 aliphatic heterocycles. The first-order valence-electron chi connectivity index (χ1n) is 2.31. The van der Waals surface area contributed by atoms with Crippen molar-refractivity contribution in [2.45, 2.75) is 10.2 Å². The number of rotatable bonds is 1. The van der Waals surface area contributed by atoms with Gasteiger partial charge in [0.25, 0.3) is 0 Å². The monoisotopic (exact) mass is 209 g/mol. The van der Waals surface area contributed by atoms with Gasteiger partial charge in [0.2, 0.25) is 0 Å². The highest BCUT2D eigenvalue weighted by atomic mass is 79.9. The zero-order valence-corrected chi connectivity index (χ0v) is 6.81. The molecule has 3 nitrogen and oxygen atoms in total. The normalized spacial score (nSPS) is 33.0. The first-order valence-corrected chi connectivity index (χ1v) is 3.99. The zero-order chi connectivity index (χ0) is 6.91. The van der Waals surface area contributed by atoms with Crippen molar-refractivity contribution in [3.8, 4) is 0 Å². The average Bonchev–Trinajstić information content (AvgIpc) is 2.16. The molecule has 0 aromatic carbocycles. The molecule has 1 unspecified atom stereocenters. The van der Waals surface area contributed by atoms with E-state index in [9.17, 15) is 10.1 Å². The van der Waals surface area contributed by atoms with Gasteiger partial charge in [0.05, 0.1) is 6.42 Å². The van der Waals surface area contributed by atoms with Crippen molar-refractivity contribution >= 4 is 27.7 Å². The van der Waals surface area contributed by atoms with Gasteiger partial charge in [0.15, 0.2) is 0 Å². The van der Waals surface area contributed by atoms with E-state index in [0.29, 0.717) is 6.42 Å². The molecule has 0 spiro atoms. The van der Waals surface area contributed by atoms with E-state index in [1.54, 1.807) is 11.5 Å². The Hall–Kier alpha value is -0.0300. The maximum absolute atomic E-state index is 10.2. The van der Waals surface area contributed by atoms with Crippen LogP contribution in [-0.4, -0.2) is 8.70 Å². The Kier molecular flexibility index (Phi) is 1.81. The number of hydrogen-bond donors (Lipinski definition) is 0. The summed E-state index contributed by atoms with van der Waals surface area (Å²) in [7, 11) is 0. The molecule has 1 heterocycles. The van der Waals surface area contributed by atoms with Crippen LogP contribution in [0, 0.1) is 10.1 Å². The number of nitrogens with zero attached hydrogens (tertiary/aromatic N) is 1. The molecule has 9 heavy (non-hydrogen) atoms. The van der Waals surface area contributed by atoms with Crippen molar-refractivity contribution < 1.29 is 4.92 Å². The van der Waals surface area contributed by atoms with Gasteiger partial charge in [-0.05, 0) is 17.2 Å². The Balaban J connectivity index is 2.66. The molecule has 0 amide bonds. The van der Waals surface area contributed by atoms with Crippen LogP contribution in [0.4, 0.5) is 0 Å². The van der Waals surface area contributed by atoms with Gasteiger partial charge in [-0.3, -0.25) is 10.1 Å². The number of nitro groups is 1. The molecule has 0 aromatic rings. The second-order valence-corrected chi connectivity index (χ2v) is 4.66. The lowest BCUT2D eigenvalue weighted by atomic mass is 10.4. The van der Waals surface area contributed by atoms with Crippen LogP contribution in [0.15, 0.2) is 11.5 Å². The summed E-state index contributed by atoms with van der Waals surface area (Å²) in [6.07, 6.45) is 2.24. The van der Waals surface area contributed by atoms with Crippen LogP contribution in [0.2, 0.25) is 0 Å². The third kappa shape index (κ3) is 1.27. The Labute approximate surface area is 64.8 Å². The topological polar surface area (TPSA) is 43.1 Å². The maximum atomic E-state index is 10.2. The first kappa shape index (κ1) is 7.08. The zero-order valence-electron chi connectivity index (χ0n) is 4.41. The molecule has 0 N–H and O–H groups in total. The predicted molar refractivity (Wildman–Crippen MR) is 40.0 cm³/mol. The SMILES string of the molecule is O=[N+]([O-])C1(Br)CC=CS1. The molecule has 1 atom stereocenters. The average molecular weight is 210 g/mol. The Morgan fingerprint density at radius 3 is 2.78 bits per heavy atom. The first-order chi connectivity index (χ1) is 4.15. The highest BCUT2D eigenvalue weighted by molar-refractivity contribution is 9.11. The molecule has 50 valence electrons. The number of alkyl halides is 1. The van der Waals surface area contributed by atoms with Gasteiger partial charge < -0.3 is 0 Å². The third-order valence-corrected chi connectivity index (χ3v) is 3.17. The van der Waals surface area contributed by atoms with Crippen LogP contribution in [-0.2, 0) is 0 Å². The van der Waals surface area contributed by atoms with Crippen molar-refractivity contribution in [3.63, 3.8) is 0 Å². The number of halogens is 1. The molecule has 0 saturated carbocycles. The minimum Gasteiger partial charge on any atom is -0.262 e. The van der Waals surface area contributed by atoms with E-state index in [1.165, 1.54) is 11.8 Å². The fourth-order valence-corrected chi connectivity index (χ4v) is 1.70. The van der Waals surface area contributed by atoms with Crippen molar-refractivity contribution in [1.82, 2.24) is 0 Å². The van der Waals surface area contributed by atoms with Crippen LogP contribution >= 0.6 is 27.7 Å². The minimum absolute atomic E-state index is 0.322. The fraction of sp³-hybridized carbons (Fsp3) is 0.500. The number of hydrogen-bond acceptors (Lipinski definition) is 3. The summed E-state index contributed by atoms with van der Waals surface area (Å²) in [6.45, 7) is 0. The Bertz CT molecular complexity index is 162. The molecule has 0 aliphatic carbocycles. The van der Waals surface area contributed by atoms with E-state index in [1.807, 2.05) is 0 Å². The van der Waals surface area contributed by atoms with Crippen molar-refractivity contribution in [2.75, 3.05) is 0 Å². The molecule has 0 bridgehead atoms. The second-order valence-electron chi connectivity index (χ2n) is 1.64. The van der Waals surface area contributed by atoms with E-state index in [2.05, 4.69) is 15.9 Å². The lowest BCUT2D eigenvalue weighted by Gasteiger charge is -2.08. The van der Waals surface area contributed by atoms with Crippen LogP contribution in [0.3, 0.4) is 0 Å². The summed E-state index contributed by atoms with van der Waals surface area (Å²) in [4.78, 5) is 9.90. The summed E-state index contributed by atoms with van der Waals surface area (Å²) >= 11 is 4.20. The van der Waals surface area contributed by atoms with E-state index < -0.39 is 3.78 Å². The second kappa shape index (κ2) is 2.30. The van der Waals surface area contributed by atoms with Crippen LogP contribution in [0.1, 0.15) is 6.42 Å². The highest BCUT2D eigenvalue weighted by Crippen LogP contribution is 2.41. The highest BCUT2D eigenvalue weighted by Gasteiger charge is 2.41. The minimum atomic E-state index is -0.965. The van der Waals surface area contributed by atoms with Gasteiger partial charge in [0.1, 0.15) is 0 Å². The lowest BCUT2D eigenvalue weighted by Crippen LogP contribution is -2.23. The van der Waals surface area contributed by atoms with Gasteiger partial charge >= 0.3 is 3.78 Å². The molecule has 1 aliphatic rings. The summed E-state index contributed by atoms with van der Waals surface area (Å²) in [6, 6.07) is 0. The van der Waals surface area contributed by atoms with E-state index in [-0.39, 0.29) is 4.92 Å². The van der Waals surface area contributed by atoms with Crippen LogP contribution in [0.25, 0.3) is 0 Å². The molecule has 0 saturated heterocycles. The lowest BCUT2D eigenvalue weighted by molar-refractivity contribution is -0.505. The molecular weight excluding hydrogens is 206 g/mol. The van der Waals surface area contributed by atoms with E-state index in [4.69, 9.17) is 0 Å². The molecule has 0 radical (unpaired) electrons. The Morgan fingerprint density at radius 2 is 2.56 bits per heavy atom. The van der Waals surface area contributed by atoms with Crippen LogP contribution in [0.5, 0.6) is 0 Å². The maximum Gasteiger partial charge on any atom is 0.327 e. The third-order valence-electron chi connectivity index (χ3n) is 0.987. The predicted octanol–water partition coefficient (Wildman–Crippen LogP) is 1.96. The van der Waals surface area contributed by atoms with E-state index >= 15 is 0 Å². The quantitative estimate of drug-likeness (QED) is 0.287. The molecule has 0 fully saturated rings. The van der Waals surface area contributed by atoms with E-state index in [0.717, 1.165) is 0 Å². The van der Waals surface area contributed by atoms with Gasteiger partial charge in [-0.2, -0.15) is 0 Å². The summed E-state index contributed by atoms with van der Waals surface area (Å²) < 4.78 is -0.965. The van der Waals surface area contributed by atoms with Gasteiger partial charge in [-0.1, -0.05) is 6.08 Å². The molecule has 0 aromatic heterocycles. The van der Waals surface area contributed by atoms with Gasteiger partial charge in [-0.15, -0.1) is 0 Å². The fourth-order valence-electron chi connectivity index (χ4n) is 0.512.